The Balaban J connectivity index is 2.33. The fourth-order valence-electron chi connectivity index (χ4n) is 1.28. The zero-order valence-electron chi connectivity index (χ0n) is 8.66. The molecule has 1 heterocycles. The average molecular weight is 312 g/mol. The van der Waals surface area contributed by atoms with Crippen LogP contribution in [0.4, 0.5) is 0 Å². The van der Waals surface area contributed by atoms with Gasteiger partial charge in [0, 0.05) is 13.2 Å². The maximum absolute atomic E-state index is 11.6. The van der Waals surface area contributed by atoms with Crippen LogP contribution in [0.15, 0.2) is 0 Å². The van der Waals surface area contributed by atoms with Crippen molar-refractivity contribution in [2.75, 3.05) is 13.2 Å². The Morgan fingerprint density at radius 1 is 1.43 bits per heavy atom. The van der Waals surface area contributed by atoms with Gasteiger partial charge >= 0.3 is 5.97 Å². The van der Waals surface area contributed by atoms with E-state index in [1.165, 1.54) is 0 Å². The van der Waals surface area contributed by atoms with E-state index >= 15 is 0 Å². The molecule has 0 radical (unpaired) electrons. The van der Waals surface area contributed by atoms with Gasteiger partial charge in [-0.2, -0.15) is 0 Å². The Morgan fingerprint density at radius 3 is 2.50 bits per heavy atom. The van der Waals surface area contributed by atoms with Gasteiger partial charge < -0.3 is 9.47 Å². The Kier molecular flexibility index (Phi) is 5.15. The first-order chi connectivity index (χ1) is 6.61. The van der Waals surface area contributed by atoms with Gasteiger partial charge in [-0.05, 0) is 41.4 Å². The second kappa shape index (κ2) is 5.90. The summed E-state index contributed by atoms with van der Waals surface area (Å²) in [6, 6.07) is 0. The minimum atomic E-state index is -0.0543. The Labute approximate surface area is 98.7 Å². The Bertz CT molecular complexity index is 188. The first-order valence-electron chi connectivity index (χ1n) is 5.03. The summed E-state index contributed by atoms with van der Waals surface area (Å²) in [6.07, 6.45) is 1.61. The molecule has 0 spiro atoms. The van der Waals surface area contributed by atoms with E-state index in [-0.39, 0.29) is 16.0 Å². The lowest BCUT2D eigenvalue weighted by Gasteiger charge is -2.23. The van der Waals surface area contributed by atoms with Gasteiger partial charge in [0.25, 0.3) is 0 Å². The highest BCUT2D eigenvalue weighted by Crippen LogP contribution is 2.21. The molecule has 0 amide bonds. The summed E-state index contributed by atoms with van der Waals surface area (Å²) in [5.74, 6) is 0.376. The third kappa shape index (κ3) is 3.73. The number of carbonyl (C=O) groups is 1. The predicted molar refractivity (Wildman–Crippen MR) is 62.3 cm³/mol. The Morgan fingerprint density at radius 2 is 2.00 bits per heavy atom. The fourth-order valence-corrected chi connectivity index (χ4v) is 1.53. The van der Waals surface area contributed by atoms with E-state index in [1.807, 2.05) is 13.8 Å². The maximum atomic E-state index is 11.6. The molecule has 0 aromatic rings. The van der Waals surface area contributed by atoms with Crippen molar-refractivity contribution in [2.24, 2.45) is 11.8 Å². The summed E-state index contributed by atoms with van der Waals surface area (Å²) in [6.45, 7) is 5.48. The molecule has 1 unspecified atom stereocenters. The average Bonchev–Trinajstić information content (AvgIpc) is 2.19. The summed E-state index contributed by atoms with van der Waals surface area (Å²) in [4.78, 5) is 11.6. The summed E-state index contributed by atoms with van der Waals surface area (Å²) in [7, 11) is 0. The lowest BCUT2D eigenvalue weighted by Crippen LogP contribution is -2.28. The third-order valence-corrected chi connectivity index (χ3v) is 4.00. The third-order valence-electron chi connectivity index (χ3n) is 2.31. The number of hydrogen-bond acceptors (Lipinski definition) is 3. The highest BCUT2D eigenvalue weighted by atomic mass is 127. The summed E-state index contributed by atoms with van der Waals surface area (Å²) >= 11 is 2.17. The quantitative estimate of drug-likeness (QED) is 0.456. The Hall–Kier alpha value is 0.160. The van der Waals surface area contributed by atoms with Crippen LogP contribution in [0.3, 0.4) is 0 Å². The summed E-state index contributed by atoms with van der Waals surface area (Å²) in [5.41, 5.74) is 0. The van der Waals surface area contributed by atoms with Crippen LogP contribution in [-0.2, 0) is 14.3 Å². The molecule has 3 nitrogen and oxygen atoms in total. The van der Waals surface area contributed by atoms with Crippen LogP contribution in [-0.4, -0.2) is 23.3 Å². The van der Waals surface area contributed by atoms with Crippen molar-refractivity contribution in [3.8, 4) is 0 Å². The molecule has 0 bridgehead atoms. The molecule has 0 aromatic carbocycles. The molecule has 1 atom stereocenters. The van der Waals surface area contributed by atoms with Crippen molar-refractivity contribution in [1.29, 1.82) is 0 Å². The van der Waals surface area contributed by atoms with Crippen molar-refractivity contribution in [2.45, 2.75) is 30.8 Å². The van der Waals surface area contributed by atoms with Crippen molar-refractivity contribution in [3.05, 3.63) is 0 Å². The van der Waals surface area contributed by atoms with E-state index in [2.05, 4.69) is 22.6 Å². The number of ether oxygens (including phenoxy) is 2. The molecule has 82 valence electrons. The molecular formula is C10H17IO3. The molecule has 0 saturated carbocycles. The SMILES string of the molecule is CC(C)C(I)OC(=O)C1CCOCC1. The van der Waals surface area contributed by atoms with Crippen molar-refractivity contribution >= 4 is 28.6 Å². The van der Waals surface area contributed by atoms with Gasteiger partial charge in [-0.25, -0.2) is 0 Å². The molecule has 0 aliphatic carbocycles. The van der Waals surface area contributed by atoms with Gasteiger partial charge in [0.05, 0.1) is 5.92 Å². The minimum absolute atomic E-state index is 0.0112. The van der Waals surface area contributed by atoms with Crippen molar-refractivity contribution in [3.63, 3.8) is 0 Å². The molecular weight excluding hydrogens is 295 g/mol. The van der Waals surface area contributed by atoms with E-state index in [0.717, 1.165) is 12.8 Å². The van der Waals surface area contributed by atoms with Crippen LogP contribution in [0.5, 0.6) is 0 Å². The number of hydrogen-bond donors (Lipinski definition) is 0. The highest BCUT2D eigenvalue weighted by Gasteiger charge is 2.25. The zero-order valence-corrected chi connectivity index (χ0v) is 10.8. The normalized spacial score (nSPS) is 20.9. The number of esters is 1. The molecule has 4 heteroatoms. The first kappa shape index (κ1) is 12.2. The second-order valence-electron chi connectivity index (χ2n) is 3.92. The van der Waals surface area contributed by atoms with E-state index < -0.39 is 0 Å². The zero-order chi connectivity index (χ0) is 10.6. The molecule has 1 aliphatic rings. The molecule has 0 aromatic heterocycles. The number of halogens is 1. The molecule has 1 fully saturated rings. The van der Waals surface area contributed by atoms with E-state index in [9.17, 15) is 4.79 Å². The number of carbonyl (C=O) groups excluding carboxylic acids is 1. The van der Waals surface area contributed by atoms with Gasteiger partial charge in [0.2, 0.25) is 0 Å². The van der Waals surface area contributed by atoms with Gasteiger partial charge in [-0.1, -0.05) is 13.8 Å². The lowest BCUT2D eigenvalue weighted by atomic mass is 10.0. The van der Waals surface area contributed by atoms with E-state index in [1.54, 1.807) is 0 Å². The summed E-state index contributed by atoms with van der Waals surface area (Å²) in [5, 5.41) is 0. The number of rotatable bonds is 3. The standard InChI is InChI=1S/C10H17IO3/c1-7(2)9(11)14-10(12)8-3-5-13-6-4-8/h7-9H,3-6H2,1-2H3. The maximum Gasteiger partial charge on any atom is 0.310 e. The number of alkyl halides is 1. The predicted octanol–water partition coefficient (Wildman–Crippen LogP) is 2.37. The largest absolute Gasteiger partial charge is 0.451 e. The van der Waals surface area contributed by atoms with Crippen LogP contribution in [0, 0.1) is 11.8 Å². The molecule has 1 saturated heterocycles. The van der Waals surface area contributed by atoms with Crippen molar-refractivity contribution in [1.82, 2.24) is 0 Å². The van der Waals surface area contributed by atoms with Crippen LogP contribution >= 0.6 is 22.6 Å². The van der Waals surface area contributed by atoms with E-state index in [0.29, 0.717) is 19.1 Å². The smallest absolute Gasteiger partial charge is 0.310 e. The lowest BCUT2D eigenvalue weighted by molar-refractivity contribution is -0.153. The molecule has 14 heavy (non-hydrogen) atoms. The van der Waals surface area contributed by atoms with Crippen molar-refractivity contribution < 1.29 is 14.3 Å². The van der Waals surface area contributed by atoms with Crippen LogP contribution in [0.25, 0.3) is 0 Å². The topological polar surface area (TPSA) is 35.5 Å². The second-order valence-corrected chi connectivity index (χ2v) is 5.15. The highest BCUT2D eigenvalue weighted by molar-refractivity contribution is 14.1. The van der Waals surface area contributed by atoms with Crippen LogP contribution in [0.1, 0.15) is 26.7 Å². The van der Waals surface area contributed by atoms with Gasteiger partial charge in [0.15, 0.2) is 4.11 Å². The van der Waals surface area contributed by atoms with Gasteiger partial charge in [-0.15, -0.1) is 0 Å². The van der Waals surface area contributed by atoms with Crippen LogP contribution in [0.2, 0.25) is 0 Å². The fraction of sp³-hybridized carbons (Fsp3) is 0.900. The minimum Gasteiger partial charge on any atom is -0.451 e. The summed E-state index contributed by atoms with van der Waals surface area (Å²) < 4.78 is 10.5. The first-order valence-corrected chi connectivity index (χ1v) is 6.28. The van der Waals surface area contributed by atoms with Gasteiger partial charge in [0.1, 0.15) is 0 Å². The van der Waals surface area contributed by atoms with Crippen LogP contribution < -0.4 is 0 Å². The van der Waals surface area contributed by atoms with E-state index in [4.69, 9.17) is 9.47 Å². The molecule has 0 N–H and O–H groups in total. The molecule has 1 rings (SSSR count). The monoisotopic (exact) mass is 312 g/mol. The van der Waals surface area contributed by atoms with Gasteiger partial charge in [-0.3, -0.25) is 4.79 Å². The molecule has 1 aliphatic heterocycles.